The maximum Gasteiger partial charge on any atom is 0.248 e. The summed E-state index contributed by atoms with van der Waals surface area (Å²) in [6.45, 7) is 0. The largest absolute Gasteiger partial charge is 0.368 e. The minimum Gasteiger partial charge on any atom is -0.368 e. The number of carbonyl (C=O) groups excluding carboxylic acids is 1. The van der Waals surface area contributed by atoms with Crippen molar-refractivity contribution >= 4 is 22.8 Å². The van der Waals surface area contributed by atoms with Crippen LogP contribution in [-0.2, 0) is 15.5 Å². The molecule has 5 nitrogen and oxygen atoms in total. The summed E-state index contributed by atoms with van der Waals surface area (Å²) in [5, 5.41) is 0. The molecule has 1 aliphatic rings. The van der Waals surface area contributed by atoms with E-state index in [2.05, 4.69) is 4.99 Å². The minimum atomic E-state index is -2.94. The number of hydrogen-bond acceptors (Lipinski definition) is 4. The van der Waals surface area contributed by atoms with Crippen LogP contribution in [0.1, 0.15) is 0 Å². The van der Waals surface area contributed by atoms with Gasteiger partial charge >= 0.3 is 0 Å². The van der Waals surface area contributed by atoms with Crippen molar-refractivity contribution in [1.82, 2.24) is 0 Å². The highest BCUT2D eigenvalue weighted by molar-refractivity contribution is 7.76. The van der Waals surface area contributed by atoms with Crippen molar-refractivity contribution in [3.8, 4) is 0 Å². The van der Waals surface area contributed by atoms with Crippen LogP contribution in [0.4, 0.5) is 0 Å². The van der Waals surface area contributed by atoms with Gasteiger partial charge in [-0.3, -0.25) is 9.79 Å². The van der Waals surface area contributed by atoms with Gasteiger partial charge in [0, 0.05) is 12.4 Å². The van der Waals surface area contributed by atoms with E-state index in [9.17, 15) is 13.2 Å². The third kappa shape index (κ3) is 1.05. The first-order valence-corrected chi connectivity index (χ1v) is 3.94. The number of thiol groups is 1. The summed E-state index contributed by atoms with van der Waals surface area (Å²) in [5.74, 6) is -0.925. The monoisotopic (exact) mass is 174 g/mol. The van der Waals surface area contributed by atoms with E-state index in [-0.39, 0.29) is 0 Å². The summed E-state index contributed by atoms with van der Waals surface area (Å²) >= 11 is 0. The molecule has 1 heterocycles. The predicted molar refractivity (Wildman–Crippen MR) is 39.9 cm³/mol. The second-order valence-electron chi connectivity index (χ2n) is 2.04. The fourth-order valence-electron chi connectivity index (χ4n) is 0.700. The lowest BCUT2D eigenvalue weighted by Gasteiger charge is -2.09. The third-order valence-corrected chi connectivity index (χ3v) is 2.47. The maximum atomic E-state index is 10.7. The zero-order valence-corrected chi connectivity index (χ0v) is 6.32. The van der Waals surface area contributed by atoms with Gasteiger partial charge in [-0.15, -0.1) is 0 Å². The highest BCUT2D eigenvalue weighted by Gasteiger charge is 2.38. The first kappa shape index (κ1) is 7.93. The molecule has 1 aliphatic heterocycles. The van der Waals surface area contributed by atoms with Crippen molar-refractivity contribution in [2.24, 2.45) is 10.7 Å². The summed E-state index contributed by atoms with van der Waals surface area (Å²) in [4.78, 5) is 14.2. The summed E-state index contributed by atoms with van der Waals surface area (Å²) in [5.41, 5.74) is 4.87. The van der Waals surface area contributed by atoms with Crippen LogP contribution in [-0.4, -0.2) is 25.3 Å². The third-order valence-electron chi connectivity index (χ3n) is 1.38. The van der Waals surface area contributed by atoms with Gasteiger partial charge in [0.1, 0.15) is 0 Å². The molecule has 1 atom stereocenters. The van der Waals surface area contributed by atoms with Gasteiger partial charge in [0.2, 0.25) is 10.7 Å². The molecule has 1 amide bonds. The molecule has 0 fully saturated rings. The van der Waals surface area contributed by atoms with Gasteiger partial charge in [0.25, 0.3) is 0 Å². The lowest BCUT2D eigenvalue weighted by Crippen LogP contribution is -2.43. The number of nitrogens with zero attached hydrogens (tertiary/aromatic N) is 1. The van der Waals surface area contributed by atoms with Crippen LogP contribution in [0.25, 0.3) is 0 Å². The molecule has 0 aromatic heterocycles. The minimum absolute atomic E-state index is 0.925. The molecule has 6 heteroatoms. The van der Waals surface area contributed by atoms with Crippen LogP contribution < -0.4 is 5.73 Å². The Morgan fingerprint density at radius 2 is 2.18 bits per heavy atom. The van der Waals surface area contributed by atoms with Crippen molar-refractivity contribution < 1.29 is 13.2 Å². The Bertz CT molecular complexity index is 296. The highest BCUT2D eigenvalue weighted by Crippen LogP contribution is 2.13. The Hall–Kier alpha value is -1.17. The summed E-state index contributed by atoms with van der Waals surface area (Å²) in [7, 11) is -2.94. The van der Waals surface area contributed by atoms with Crippen LogP contribution in [0, 0.1) is 0 Å². The normalized spacial score (nSPS) is 28.1. The summed E-state index contributed by atoms with van der Waals surface area (Å²) in [6, 6.07) is 0. The van der Waals surface area contributed by atoms with Crippen molar-refractivity contribution in [2.45, 2.75) is 4.75 Å². The van der Waals surface area contributed by atoms with E-state index in [4.69, 9.17) is 5.73 Å². The van der Waals surface area contributed by atoms with Gasteiger partial charge < -0.3 is 5.73 Å². The van der Waals surface area contributed by atoms with E-state index < -0.39 is 21.4 Å². The fraction of sp³-hybridized carbons (Fsp3) is 0.200. The number of nitrogens with two attached hydrogens (primary N) is 1. The number of carbonyl (C=O) groups is 1. The number of primary amides is 1. The van der Waals surface area contributed by atoms with Crippen LogP contribution in [0.15, 0.2) is 17.3 Å². The van der Waals surface area contributed by atoms with Gasteiger partial charge in [-0.1, -0.05) is 0 Å². The number of amides is 1. The average molecular weight is 174 g/mol. The molecule has 0 aromatic carbocycles. The fourth-order valence-corrected chi connectivity index (χ4v) is 1.23. The van der Waals surface area contributed by atoms with Gasteiger partial charge in [-0.2, -0.15) is 0 Å². The molecule has 0 spiro atoms. The zero-order valence-electron chi connectivity index (χ0n) is 5.43. The molecule has 0 aliphatic carbocycles. The number of rotatable bonds is 2. The smallest absolute Gasteiger partial charge is 0.248 e. The summed E-state index contributed by atoms with van der Waals surface area (Å²) < 4.78 is 19.4. The van der Waals surface area contributed by atoms with Gasteiger partial charge in [0.15, 0.2) is 10.7 Å². The van der Waals surface area contributed by atoms with Crippen LogP contribution in [0.3, 0.4) is 0 Å². The van der Waals surface area contributed by atoms with Crippen LogP contribution in [0.5, 0.6) is 0 Å². The van der Waals surface area contributed by atoms with Crippen molar-refractivity contribution in [1.29, 1.82) is 0 Å². The van der Waals surface area contributed by atoms with Gasteiger partial charge in [-0.25, -0.2) is 8.42 Å². The number of hydrogen-bond donors (Lipinski definition) is 2. The Kier molecular flexibility index (Phi) is 1.77. The van der Waals surface area contributed by atoms with Gasteiger partial charge in [-0.05, 0) is 6.08 Å². The summed E-state index contributed by atoms with van der Waals surface area (Å²) in [6.07, 6.45) is 3.40. The first-order chi connectivity index (χ1) is 5.09. The molecule has 1 rings (SSSR count). The zero-order chi connectivity index (χ0) is 8.48. The average Bonchev–Trinajstić information content (AvgIpc) is 2.34. The quantitative estimate of drug-likeness (QED) is 0.495. The molecule has 60 valence electrons. The molecular weight excluding hydrogens is 168 g/mol. The van der Waals surface area contributed by atoms with E-state index >= 15 is 0 Å². The number of aliphatic imine (C=N–C) groups is 1. The lowest BCUT2D eigenvalue weighted by atomic mass is 10.1. The van der Waals surface area contributed by atoms with E-state index in [1.54, 1.807) is 0 Å². The first-order valence-electron chi connectivity index (χ1n) is 2.76. The van der Waals surface area contributed by atoms with E-state index in [1.165, 1.54) is 6.20 Å². The Morgan fingerprint density at radius 1 is 1.55 bits per heavy atom. The van der Waals surface area contributed by atoms with Crippen LogP contribution >= 0.6 is 0 Å². The Morgan fingerprint density at radius 3 is 2.36 bits per heavy atom. The van der Waals surface area contributed by atoms with Crippen molar-refractivity contribution in [3.63, 3.8) is 0 Å². The predicted octanol–water partition coefficient (Wildman–Crippen LogP) is -1.58. The van der Waals surface area contributed by atoms with E-state index in [0.717, 1.165) is 12.3 Å². The molecule has 0 bridgehead atoms. The molecule has 0 aromatic rings. The maximum absolute atomic E-state index is 10.7. The Labute approximate surface area is 64.6 Å². The molecule has 0 saturated heterocycles. The molecular formula is C5H6N2O3S. The molecule has 1 unspecified atom stereocenters. The molecule has 0 radical (unpaired) electrons. The highest BCUT2D eigenvalue weighted by atomic mass is 32.2. The van der Waals surface area contributed by atoms with Crippen molar-refractivity contribution in [3.05, 3.63) is 12.3 Å². The van der Waals surface area contributed by atoms with E-state index in [0.29, 0.717) is 0 Å². The second-order valence-corrected chi connectivity index (χ2v) is 3.29. The molecule has 11 heavy (non-hydrogen) atoms. The molecule has 2 N–H and O–H groups in total. The molecule has 0 saturated carbocycles. The standard InChI is InChI=1S/C5H6N2O3S/c6-4(8)5(11(9)10)1-2-7-3-5/h1-3,11H,(H2,6,8). The SMILES string of the molecule is NC(=O)C1([SH](=O)=O)C=CN=C1. The van der Waals surface area contributed by atoms with E-state index in [1.807, 2.05) is 0 Å². The topological polar surface area (TPSA) is 89.6 Å². The van der Waals surface area contributed by atoms with Crippen LogP contribution in [0.2, 0.25) is 0 Å². The lowest BCUT2D eigenvalue weighted by molar-refractivity contribution is -0.117. The second kappa shape index (κ2) is 2.46. The van der Waals surface area contributed by atoms with Crippen molar-refractivity contribution in [2.75, 3.05) is 0 Å². The Balaban J connectivity index is 3.20. The van der Waals surface area contributed by atoms with Gasteiger partial charge in [0.05, 0.1) is 0 Å².